The maximum absolute atomic E-state index is 12.4. The molecular weight excluding hydrogens is 279 g/mol. The Hall–Kier alpha value is -1.56. The van der Waals surface area contributed by atoms with Gasteiger partial charge in [-0.15, -0.1) is 0 Å². The lowest BCUT2D eigenvalue weighted by Gasteiger charge is -2.18. The number of halogens is 3. The summed E-state index contributed by atoms with van der Waals surface area (Å²) in [6, 6.07) is 7.56. The molecule has 1 aromatic heterocycles. The standard InChI is InChI=1S/C15H20F3N3/c1-3-19-11(8-9-15(16,17)18)10-13-12-6-4-5-7-14(12)21(2)20-13/h4-7,11,19H,3,8-10H2,1-2H3. The summed E-state index contributed by atoms with van der Waals surface area (Å²) in [5.41, 5.74) is 1.85. The van der Waals surface area contributed by atoms with Gasteiger partial charge in [0.05, 0.1) is 11.2 Å². The topological polar surface area (TPSA) is 29.9 Å². The number of hydrogen-bond acceptors (Lipinski definition) is 2. The minimum Gasteiger partial charge on any atom is -0.314 e. The highest BCUT2D eigenvalue weighted by atomic mass is 19.4. The third kappa shape index (κ3) is 4.20. The third-order valence-corrected chi connectivity index (χ3v) is 3.54. The summed E-state index contributed by atoms with van der Waals surface area (Å²) < 4.78 is 39.0. The second kappa shape index (κ2) is 6.47. The van der Waals surface area contributed by atoms with E-state index in [0.717, 1.165) is 16.6 Å². The van der Waals surface area contributed by atoms with Crippen molar-refractivity contribution in [2.24, 2.45) is 7.05 Å². The molecule has 1 aromatic carbocycles. The van der Waals surface area contributed by atoms with Crippen LogP contribution < -0.4 is 5.32 Å². The number of rotatable bonds is 6. The third-order valence-electron chi connectivity index (χ3n) is 3.54. The molecule has 0 amide bonds. The zero-order valence-corrected chi connectivity index (χ0v) is 12.2. The van der Waals surface area contributed by atoms with Crippen molar-refractivity contribution in [3.05, 3.63) is 30.0 Å². The Kier molecular flexibility index (Phi) is 4.88. The number of aromatic nitrogens is 2. The van der Waals surface area contributed by atoms with E-state index in [0.29, 0.717) is 13.0 Å². The molecule has 1 unspecified atom stereocenters. The number of aryl methyl sites for hydroxylation is 1. The molecule has 3 nitrogen and oxygen atoms in total. The van der Waals surface area contributed by atoms with Crippen molar-refractivity contribution in [2.75, 3.05) is 6.54 Å². The number of para-hydroxylation sites is 1. The van der Waals surface area contributed by atoms with Gasteiger partial charge in [-0.1, -0.05) is 25.1 Å². The molecule has 1 heterocycles. The number of alkyl halides is 3. The Labute approximate surface area is 122 Å². The predicted molar refractivity (Wildman–Crippen MR) is 77.2 cm³/mol. The van der Waals surface area contributed by atoms with Crippen LogP contribution in [-0.2, 0) is 13.5 Å². The molecule has 0 aliphatic heterocycles. The van der Waals surface area contributed by atoms with Gasteiger partial charge in [0.25, 0.3) is 0 Å². The Bertz CT molecular complexity index is 589. The van der Waals surface area contributed by atoms with Crippen molar-refractivity contribution in [3.8, 4) is 0 Å². The summed E-state index contributed by atoms with van der Waals surface area (Å²) >= 11 is 0. The van der Waals surface area contributed by atoms with Crippen molar-refractivity contribution >= 4 is 10.9 Å². The fourth-order valence-electron chi connectivity index (χ4n) is 2.58. The number of hydrogen-bond donors (Lipinski definition) is 1. The summed E-state index contributed by atoms with van der Waals surface area (Å²) in [6.07, 6.45) is -4.30. The summed E-state index contributed by atoms with van der Waals surface area (Å²) in [4.78, 5) is 0. The quantitative estimate of drug-likeness (QED) is 0.885. The zero-order valence-electron chi connectivity index (χ0n) is 12.2. The van der Waals surface area contributed by atoms with Gasteiger partial charge in [0, 0.05) is 31.3 Å². The lowest BCUT2D eigenvalue weighted by atomic mass is 10.0. The first-order valence-corrected chi connectivity index (χ1v) is 7.11. The second-order valence-electron chi connectivity index (χ2n) is 5.20. The van der Waals surface area contributed by atoms with Gasteiger partial charge in [-0.3, -0.25) is 4.68 Å². The van der Waals surface area contributed by atoms with E-state index < -0.39 is 12.6 Å². The van der Waals surface area contributed by atoms with Gasteiger partial charge in [0.15, 0.2) is 0 Å². The van der Waals surface area contributed by atoms with Crippen LogP contribution in [0.2, 0.25) is 0 Å². The molecule has 0 bridgehead atoms. The monoisotopic (exact) mass is 299 g/mol. The van der Waals surface area contributed by atoms with Gasteiger partial charge in [-0.2, -0.15) is 18.3 Å². The van der Waals surface area contributed by atoms with Crippen molar-refractivity contribution in [3.63, 3.8) is 0 Å². The van der Waals surface area contributed by atoms with Crippen molar-refractivity contribution in [2.45, 2.75) is 38.4 Å². The fraction of sp³-hybridized carbons (Fsp3) is 0.533. The predicted octanol–water partition coefficient (Wildman–Crippen LogP) is 3.44. The summed E-state index contributed by atoms with van der Waals surface area (Å²) in [7, 11) is 1.85. The maximum atomic E-state index is 12.4. The van der Waals surface area contributed by atoms with Crippen LogP contribution in [0.25, 0.3) is 10.9 Å². The largest absolute Gasteiger partial charge is 0.389 e. The van der Waals surface area contributed by atoms with Gasteiger partial charge < -0.3 is 5.32 Å². The summed E-state index contributed by atoms with van der Waals surface area (Å²) in [5, 5.41) is 8.59. The molecule has 116 valence electrons. The van der Waals surface area contributed by atoms with Gasteiger partial charge in [-0.25, -0.2) is 0 Å². The van der Waals surface area contributed by atoms with Crippen molar-refractivity contribution < 1.29 is 13.2 Å². The summed E-state index contributed by atoms with van der Waals surface area (Å²) in [5.74, 6) is 0. The smallest absolute Gasteiger partial charge is 0.314 e. The number of nitrogens with one attached hydrogen (secondary N) is 1. The normalized spacial score (nSPS) is 13.8. The van der Waals surface area contributed by atoms with Gasteiger partial charge in [0.2, 0.25) is 0 Å². The van der Waals surface area contributed by atoms with E-state index >= 15 is 0 Å². The minimum absolute atomic E-state index is 0.0717. The van der Waals surface area contributed by atoms with Crippen molar-refractivity contribution in [1.82, 2.24) is 15.1 Å². The Morgan fingerprint density at radius 2 is 2.00 bits per heavy atom. The molecule has 0 aliphatic carbocycles. The number of likely N-dealkylation sites (N-methyl/N-ethyl adjacent to an activating group) is 1. The molecule has 21 heavy (non-hydrogen) atoms. The molecule has 0 aliphatic rings. The summed E-state index contributed by atoms with van der Waals surface area (Å²) in [6.45, 7) is 2.55. The highest BCUT2D eigenvalue weighted by Gasteiger charge is 2.28. The molecular formula is C15H20F3N3. The lowest BCUT2D eigenvalue weighted by Crippen LogP contribution is -2.32. The molecule has 0 saturated carbocycles. The second-order valence-corrected chi connectivity index (χ2v) is 5.20. The zero-order chi connectivity index (χ0) is 15.5. The molecule has 2 rings (SSSR count). The molecule has 1 N–H and O–H groups in total. The molecule has 0 spiro atoms. The van der Waals surface area contributed by atoms with Crippen LogP contribution in [0, 0.1) is 0 Å². The first-order chi connectivity index (χ1) is 9.90. The highest BCUT2D eigenvalue weighted by Crippen LogP contribution is 2.24. The van der Waals surface area contributed by atoms with Crippen LogP contribution in [-0.4, -0.2) is 28.5 Å². The average molecular weight is 299 g/mol. The first kappa shape index (κ1) is 15.8. The van der Waals surface area contributed by atoms with Crippen LogP contribution in [0.4, 0.5) is 13.2 Å². The van der Waals surface area contributed by atoms with Crippen LogP contribution in [0.5, 0.6) is 0 Å². The van der Waals surface area contributed by atoms with E-state index in [4.69, 9.17) is 0 Å². The van der Waals surface area contributed by atoms with E-state index in [2.05, 4.69) is 10.4 Å². The Morgan fingerprint density at radius 3 is 2.67 bits per heavy atom. The average Bonchev–Trinajstić information content (AvgIpc) is 2.73. The van der Waals surface area contributed by atoms with E-state index in [-0.39, 0.29) is 12.5 Å². The van der Waals surface area contributed by atoms with Gasteiger partial charge >= 0.3 is 6.18 Å². The fourth-order valence-corrected chi connectivity index (χ4v) is 2.58. The highest BCUT2D eigenvalue weighted by molar-refractivity contribution is 5.81. The van der Waals surface area contributed by atoms with Crippen LogP contribution in [0.3, 0.4) is 0 Å². The molecule has 6 heteroatoms. The van der Waals surface area contributed by atoms with Crippen LogP contribution in [0.1, 0.15) is 25.5 Å². The van der Waals surface area contributed by atoms with E-state index in [9.17, 15) is 13.2 Å². The van der Waals surface area contributed by atoms with Crippen LogP contribution in [0.15, 0.2) is 24.3 Å². The van der Waals surface area contributed by atoms with E-state index in [1.165, 1.54) is 0 Å². The molecule has 0 saturated heterocycles. The Morgan fingerprint density at radius 1 is 1.29 bits per heavy atom. The first-order valence-electron chi connectivity index (χ1n) is 7.11. The maximum Gasteiger partial charge on any atom is 0.389 e. The van der Waals surface area contributed by atoms with Crippen molar-refractivity contribution in [1.29, 1.82) is 0 Å². The molecule has 1 atom stereocenters. The molecule has 0 radical (unpaired) electrons. The minimum atomic E-state index is -4.11. The number of benzene rings is 1. The molecule has 0 fully saturated rings. The van der Waals surface area contributed by atoms with Gasteiger partial charge in [-0.05, 0) is 19.0 Å². The molecule has 2 aromatic rings. The SMILES string of the molecule is CCNC(CCC(F)(F)F)Cc1nn(C)c2ccccc12. The number of fused-ring (bicyclic) bond motifs is 1. The number of nitrogens with zero attached hydrogens (tertiary/aromatic N) is 2. The van der Waals surface area contributed by atoms with E-state index in [1.807, 2.05) is 38.2 Å². The van der Waals surface area contributed by atoms with E-state index in [1.54, 1.807) is 4.68 Å². The van der Waals surface area contributed by atoms with Gasteiger partial charge in [0.1, 0.15) is 0 Å². The Balaban J connectivity index is 2.15. The van der Waals surface area contributed by atoms with Crippen LogP contribution >= 0.6 is 0 Å². The lowest BCUT2D eigenvalue weighted by molar-refractivity contribution is -0.136.